The van der Waals surface area contributed by atoms with Gasteiger partial charge < -0.3 is 10.6 Å². The van der Waals surface area contributed by atoms with E-state index in [1.807, 2.05) is 12.1 Å². The highest BCUT2D eigenvalue weighted by atomic mass is 35.5. The Balaban J connectivity index is 1.60. The van der Waals surface area contributed by atoms with Crippen LogP contribution >= 0.6 is 11.6 Å². The number of halogens is 1. The lowest BCUT2D eigenvalue weighted by atomic mass is 10.2. The van der Waals surface area contributed by atoms with Gasteiger partial charge in [0.15, 0.2) is 9.84 Å². The van der Waals surface area contributed by atoms with E-state index in [1.54, 1.807) is 12.1 Å². The average molecular weight is 381 g/mol. The first-order valence-electron chi connectivity index (χ1n) is 7.74. The van der Waals surface area contributed by atoms with Gasteiger partial charge in [-0.1, -0.05) is 23.7 Å². The van der Waals surface area contributed by atoms with Gasteiger partial charge in [-0.2, -0.15) is 0 Å². The Bertz CT molecular complexity index is 871. The molecule has 3 rings (SSSR count). The second kappa shape index (κ2) is 7.37. The van der Waals surface area contributed by atoms with Gasteiger partial charge in [-0.25, -0.2) is 18.4 Å². The van der Waals surface area contributed by atoms with Crippen molar-refractivity contribution in [1.82, 2.24) is 15.3 Å². The molecule has 1 fully saturated rings. The maximum atomic E-state index is 12.2. The van der Waals surface area contributed by atoms with Crippen LogP contribution in [0.15, 0.2) is 36.5 Å². The fourth-order valence-electron chi connectivity index (χ4n) is 2.52. The summed E-state index contributed by atoms with van der Waals surface area (Å²) in [6.07, 6.45) is 1.92. The molecule has 1 aliphatic rings. The fraction of sp³-hybridized carbons (Fsp3) is 0.312. The fourth-order valence-corrected chi connectivity index (χ4v) is 4.32. The maximum absolute atomic E-state index is 12.2. The topological polar surface area (TPSA) is 101 Å². The lowest BCUT2D eigenvalue weighted by Crippen LogP contribution is -2.36. The van der Waals surface area contributed by atoms with E-state index in [-0.39, 0.29) is 23.2 Å². The summed E-state index contributed by atoms with van der Waals surface area (Å²) in [7, 11) is -3.04. The Morgan fingerprint density at radius 1 is 1.24 bits per heavy atom. The summed E-state index contributed by atoms with van der Waals surface area (Å²) < 4.78 is 22.9. The molecule has 2 N–H and O–H groups in total. The van der Waals surface area contributed by atoms with Gasteiger partial charge >= 0.3 is 0 Å². The molecular formula is C16H17ClN4O3S. The van der Waals surface area contributed by atoms with Crippen molar-refractivity contribution in [3.8, 4) is 0 Å². The first kappa shape index (κ1) is 17.6. The van der Waals surface area contributed by atoms with Crippen LogP contribution in [0.2, 0.25) is 5.02 Å². The normalized spacial score (nSPS) is 18.7. The zero-order valence-electron chi connectivity index (χ0n) is 13.3. The van der Waals surface area contributed by atoms with Gasteiger partial charge in [0.05, 0.1) is 11.5 Å². The van der Waals surface area contributed by atoms with Crippen molar-refractivity contribution >= 4 is 33.3 Å². The number of anilines is 1. The van der Waals surface area contributed by atoms with Gasteiger partial charge in [0.25, 0.3) is 5.91 Å². The largest absolute Gasteiger partial charge is 0.350 e. The highest BCUT2D eigenvalue weighted by Gasteiger charge is 2.29. The lowest BCUT2D eigenvalue weighted by molar-refractivity contribution is 0.0936. The van der Waals surface area contributed by atoms with E-state index in [2.05, 4.69) is 20.6 Å². The third-order valence-electron chi connectivity index (χ3n) is 3.82. The maximum Gasteiger partial charge on any atom is 0.270 e. The molecule has 1 aromatic carbocycles. The number of hydrogen-bond acceptors (Lipinski definition) is 6. The molecule has 0 spiro atoms. The van der Waals surface area contributed by atoms with Crippen molar-refractivity contribution in [3.63, 3.8) is 0 Å². The highest BCUT2D eigenvalue weighted by Crippen LogP contribution is 2.13. The summed E-state index contributed by atoms with van der Waals surface area (Å²) in [6, 6.07) is 8.47. The van der Waals surface area contributed by atoms with E-state index < -0.39 is 15.7 Å². The van der Waals surface area contributed by atoms with E-state index in [4.69, 9.17) is 11.6 Å². The van der Waals surface area contributed by atoms with Gasteiger partial charge in [0.2, 0.25) is 5.95 Å². The molecule has 2 aromatic rings. The minimum absolute atomic E-state index is 0.0223. The number of sulfone groups is 1. The molecule has 2 heterocycles. The van der Waals surface area contributed by atoms with Crippen molar-refractivity contribution < 1.29 is 13.2 Å². The number of carbonyl (C=O) groups is 1. The summed E-state index contributed by atoms with van der Waals surface area (Å²) in [5.74, 6) is 0.00174. The Kier molecular flexibility index (Phi) is 5.19. The third-order valence-corrected chi connectivity index (χ3v) is 5.84. The van der Waals surface area contributed by atoms with Crippen LogP contribution < -0.4 is 10.6 Å². The van der Waals surface area contributed by atoms with Gasteiger partial charge in [-0.3, -0.25) is 4.79 Å². The van der Waals surface area contributed by atoms with Crippen molar-refractivity contribution in [2.45, 2.75) is 19.0 Å². The number of aromatic nitrogens is 2. The molecule has 0 bridgehead atoms. The summed E-state index contributed by atoms with van der Waals surface area (Å²) in [6.45, 7) is 0.489. The predicted octanol–water partition coefficient (Wildman–Crippen LogP) is 1.66. The lowest BCUT2D eigenvalue weighted by Gasteiger charge is -2.11. The van der Waals surface area contributed by atoms with Crippen LogP contribution in [-0.4, -0.2) is 41.8 Å². The Morgan fingerprint density at radius 3 is 2.68 bits per heavy atom. The van der Waals surface area contributed by atoms with Crippen LogP contribution in [0.5, 0.6) is 0 Å². The Hall–Kier alpha value is -2.19. The molecule has 9 heteroatoms. The molecular weight excluding hydrogens is 364 g/mol. The highest BCUT2D eigenvalue weighted by molar-refractivity contribution is 7.91. The summed E-state index contributed by atoms with van der Waals surface area (Å²) in [4.78, 5) is 20.5. The van der Waals surface area contributed by atoms with E-state index in [9.17, 15) is 13.2 Å². The molecule has 132 valence electrons. The van der Waals surface area contributed by atoms with Crippen LogP contribution in [0.4, 0.5) is 5.95 Å². The molecule has 7 nitrogen and oxygen atoms in total. The second-order valence-corrected chi connectivity index (χ2v) is 8.48. The predicted molar refractivity (Wildman–Crippen MR) is 95.3 cm³/mol. The van der Waals surface area contributed by atoms with Crippen LogP contribution in [0.1, 0.15) is 22.5 Å². The van der Waals surface area contributed by atoms with Gasteiger partial charge in [0.1, 0.15) is 5.69 Å². The molecule has 0 radical (unpaired) electrons. The zero-order chi connectivity index (χ0) is 17.9. The summed E-state index contributed by atoms with van der Waals surface area (Å²) in [5, 5.41) is 6.41. The minimum Gasteiger partial charge on any atom is -0.350 e. The number of carbonyl (C=O) groups excluding carboxylic acids is 1. The van der Waals surface area contributed by atoms with E-state index in [1.165, 1.54) is 12.3 Å². The van der Waals surface area contributed by atoms with Crippen LogP contribution in [-0.2, 0) is 16.4 Å². The van der Waals surface area contributed by atoms with Crippen LogP contribution in [0, 0.1) is 0 Å². The van der Waals surface area contributed by atoms with Crippen molar-refractivity contribution in [1.29, 1.82) is 0 Å². The van der Waals surface area contributed by atoms with Gasteiger partial charge in [-0.05, 0) is 30.2 Å². The smallest absolute Gasteiger partial charge is 0.270 e. The van der Waals surface area contributed by atoms with Crippen molar-refractivity contribution in [3.05, 3.63) is 52.8 Å². The number of nitrogens with one attached hydrogen (secondary N) is 2. The number of benzene rings is 1. The Morgan fingerprint density at radius 2 is 2.00 bits per heavy atom. The molecule has 0 saturated carbocycles. The van der Waals surface area contributed by atoms with Crippen molar-refractivity contribution in [2.75, 3.05) is 16.8 Å². The Labute approximate surface area is 150 Å². The number of amides is 1. The number of rotatable bonds is 5. The molecule has 1 aliphatic heterocycles. The van der Waals surface area contributed by atoms with Crippen LogP contribution in [0.3, 0.4) is 0 Å². The third kappa shape index (κ3) is 4.90. The second-order valence-electron chi connectivity index (χ2n) is 5.82. The zero-order valence-corrected chi connectivity index (χ0v) is 14.8. The molecule has 1 atom stereocenters. The van der Waals surface area contributed by atoms with E-state index >= 15 is 0 Å². The van der Waals surface area contributed by atoms with Gasteiger partial charge in [0, 0.05) is 23.8 Å². The van der Waals surface area contributed by atoms with Gasteiger partial charge in [-0.15, -0.1) is 0 Å². The monoisotopic (exact) mass is 380 g/mol. The first-order chi connectivity index (χ1) is 11.9. The number of hydrogen-bond donors (Lipinski definition) is 2. The summed E-state index contributed by atoms with van der Waals surface area (Å²) >= 11 is 5.84. The first-order valence-corrected chi connectivity index (χ1v) is 9.94. The molecule has 1 unspecified atom stereocenters. The molecule has 1 amide bonds. The number of nitrogens with zero attached hydrogens (tertiary/aromatic N) is 2. The van der Waals surface area contributed by atoms with Crippen molar-refractivity contribution in [2.24, 2.45) is 0 Å². The standard InChI is InChI=1S/C16H17ClN4O3S/c17-12-3-1-11(2-4-12)9-19-16-18-7-5-14(21-16)15(22)20-13-6-8-25(23,24)10-13/h1-5,7,13H,6,8-10H2,(H,20,22)(H,18,19,21). The summed E-state index contributed by atoms with van der Waals surface area (Å²) in [5.41, 5.74) is 1.19. The molecule has 0 aliphatic carbocycles. The van der Waals surface area contributed by atoms with Crippen LogP contribution in [0.25, 0.3) is 0 Å². The van der Waals surface area contributed by atoms with E-state index in [0.29, 0.717) is 23.9 Å². The SMILES string of the molecule is O=C(NC1CCS(=O)(=O)C1)c1ccnc(NCc2ccc(Cl)cc2)n1. The molecule has 25 heavy (non-hydrogen) atoms. The molecule has 1 saturated heterocycles. The van der Waals surface area contributed by atoms with E-state index in [0.717, 1.165) is 5.56 Å². The minimum atomic E-state index is -3.04. The average Bonchev–Trinajstić information content (AvgIpc) is 2.93. The molecule has 1 aromatic heterocycles. The quantitative estimate of drug-likeness (QED) is 0.818.